The first-order chi connectivity index (χ1) is 52.0. The number of unbranched alkanes of at least 4 members (excludes halogenated alkanes) is 60. The van der Waals surface area contributed by atoms with Gasteiger partial charge >= 0.3 is 39.5 Å². The maximum Gasteiger partial charge on any atom is 0.472 e. The van der Waals surface area contributed by atoms with Crippen LogP contribution < -0.4 is 0 Å². The van der Waals surface area contributed by atoms with Crippen molar-refractivity contribution in [1.29, 1.82) is 0 Å². The van der Waals surface area contributed by atoms with Crippen LogP contribution in [-0.2, 0) is 65.4 Å². The van der Waals surface area contributed by atoms with Crippen molar-refractivity contribution in [1.82, 2.24) is 0 Å². The lowest BCUT2D eigenvalue weighted by atomic mass is 10.0. The summed E-state index contributed by atoms with van der Waals surface area (Å²) in [5.74, 6) is -1.28. The van der Waals surface area contributed by atoms with Gasteiger partial charge in [-0.1, -0.05) is 426 Å². The van der Waals surface area contributed by atoms with E-state index in [-0.39, 0.29) is 25.7 Å². The molecule has 0 aromatic carbocycles. The summed E-state index contributed by atoms with van der Waals surface area (Å²) in [6.07, 6.45) is 75.3. The third-order valence-electron chi connectivity index (χ3n) is 20.8. The highest BCUT2D eigenvalue weighted by Crippen LogP contribution is 2.45. The molecule has 0 aliphatic carbocycles. The van der Waals surface area contributed by atoms with E-state index in [4.69, 9.17) is 37.0 Å². The Morgan fingerprint density at radius 2 is 0.430 bits per heavy atom. The van der Waals surface area contributed by atoms with E-state index >= 15 is 0 Å². The minimum atomic E-state index is -4.97. The molecule has 0 saturated carbocycles. The first-order valence-corrected chi connectivity index (χ1v) is 48.6. The summed E-state index contributed by atoms with van der Waals surface area (Å²) in [5.41, 5.74) is 0. The van der Waals surface area contributed by atoms with Crippen LogP contribution in [0.1, 0.15) is 478 Å². The fourth-order valence-corrected chi connectivity index (χ4v) is 15.4. The Hall–Kier alpha value is -1.94. The second kappa shape index (κ2) is 80.7. The predicted octanol–water partition coefficient (Wildman–Crippen LogP) is 27.2. The topological polar surface area (TPSA) is 237 Å². The average molecular weight is 1560 g/mol. The summed E-state index contributed by atoms with van der Waals surface area (Å²) in [4.78, 5) is 73.1. The van der Waals surface area contributed by atoms with Crippen LogP contribution in [0.3, 0.4) is 0 Å². The third-order valence-corrected chi connectivity index (χ3v) is 22.7. The summed E-state index contributed by atoms with van der Waals surface area (Å²) >= 11 is 0. The largest absolute Gasteiger partial charge is 0.472 e. The summed E-state index contributed by atoms with van der Waals surface area (Å²) in [6.45, 7) is 7.37. The number of carbonyl (C=O) groups excluding carboxylic acids is 4. The number of aliphatic hydroxyl groups excluding tert-OH is 1. The van der Waals surface area contributed by atoms with E-state index < -0.39 is 97.5 Å². The molecule has 3 N–H and O–H groups in total. The van der Waals surface area contributed by atoms with Gasteiger partial charge in [-0.25, -0.2) is 9.13 Å². The maximum absolute atomic E-state index is 13.1. The fourth-order valence-electron chi connectivity index (χ4n) is 13.8. The first kappa shape index (κ1) is 105. The smallest absolute Gasteiger partial charge is 0.462 e. The zero-order valence-corrected chi connectivity index (χ0v) is 72.1. The number of hydrogen-bond acceptors (Lipinski definition) is 15. The number of carbonyl (C=O) groups is 4. The van der Waals surface area contributed by atoms with Gasteiger partial charge in [-0.2, -0.15) is 0 Å². The molecule has 5 atom stereocenters. The molecular formula is C88H172O17P2. The second-order valence-corrected chi connectivity index (χ2v) is 35.0. The molecule has 19 heteroatoms. The van der Waals surface area contributed by atoms with Crippen molar-refractivity contribution < 1.29 is 80.2 Å². The molecule has 0 aromatic heterocycles. The lowest BCUT2D eigenvalue weighted by Crippen LogP contribution is -2.30. The molecule has 17 nitrogen and oxygen atoms in total. The molecule has 636 valence electrons. The Kier molecular flexibility index (Phi) is 79.2. The molecule has 0 fully saturated rings. The predicted molar refractivity (Wildman–Crippen MR) is 442 cm³/mol. The normalized spacial score (nSPS) is 13.7. The highest BCUT2D eigenvalue weighted by Gasteiger charge is 2.30. The Morgan fingerprint density at radius 1 is 0.252 bits per heavy atom. The van der Waals surface area contributed by atoms with Crippen molar-refractivity contribution in [2.45, 2.75) is 496 Å². The SMILES string of the molecule is CCCCCCCCCCCCCCCCCCCCCCC(=O)OC[C@H](COP(=O)(O)OC[C@@H](O)COP(=O)(O)OC[C@@H](COC(=O)CCCCCCCCC)OC(=O)CCCCCCCCCCCCCCCCCCCCC)OC(=O)CCCCCCCCCCCCCCCCCCCCC(C)C. The van der Waals surface area contributed by atoms with Gasteiger partial charge in [0, 0.05) is 25.7 Å². The van der Waals surface area contributed by atoms with Gasteiger partial charge in [0.25, 0.3) is 0 Å². The van der Waals surface area contributed by atoms with Crippen LogP contribution >= 0.6 is 15.6 Å². The minimum absolute atomic E-state index is 0.109. The van der Waals surface area contributed by atoms with Gasteiger partial charge in [0.05, 0.1) is 26.4 Å². The number of rotatable bonds is 88. The van der Waals surface area contributed by atoms with Gasteiger partial charge < -0.3 is 33.8 Å². The molecule has 0 spiro atoms. The molecule has 0 rings (SSSR count). The Morgan fingerprint density at radius 3 is 0.636 bits per heavy atom. The monoisotopic (exact) mass is 1560 g/mol. The number of hydrogen-bond donors (Lipinski definition) is 3. The standard InChI is InChI=1S/C88H172O17P2/c1-6-9-12-15-18-20-22-24-26-28-30-32-36-40-44-48-52-57-62-67-72-86(91)99-78-84(105-88(93)74-69-64-59-54-50-46-42-38-34-33-35-39-43-47-51-56-60-65-70-81(4)5)80-103-107(96,97)101-76-82(89)75-100-106(94,95)102-79-83(77-98-85(90)71-66-61-55-17-14-11-8-3)104-87(92)73-68-63-58-53-49-45-41-37-31-29-27-25-23-21-19-16-13-10-7-2/h81-84,89H,6-80H2,1-5H3,(H,94,95)(H,96,97)/t82-,83+,84+/m0/s1. The number of phosphoric ester groups is 2. The molecule has 0 saturated heterocycles. The lowest BCUT2D eigenvalue weighted by Gasteiger charge is -2.21. The highest BCUT2D eigenvalue weighted by molar-refractivity contribution is 7.47. The highest BCUT2D eigenvalue weighted by atomic mass is 31.2. The molecule has 0 radical (unpaired) electrons. The van der Waals surface area contributed by atoms with Crippen LogP contribution in [0.25, 0.3) is 0 Å². The van der Waals surface area contributed by atoms with Crippen LogP contribution in [0.2, 0.25) is 0 Å². The van der Waals surface area contributed by atoms with Crippen LogP contribution in [-0.4, -0.2) is 96.7 Å². The van der Waals surface area contributed by atoms with E-state index in [2.05, 4.69) is 34.6 Å². The molecule has 0 amide bonds. The lowest BCUT2D eigenvalue weighted by molar-refractivity contribution is -0.161. The summed E-state index contributed by atoms with van der Waals surface area (Å²) in [6, 6.07) is 0. The Bertz CT molecular complexity index is 2030. The van der Waals surface area contributed by atoms with Crippen LogP contribution in [0.5, 0.6) is 0 Å². The molecule has 0 aromatic rings. The first-order valence-electron chi connectivity index (χ1n) is 45.6. The van der Waals surface area contributed by atoms with E-state index in [9.17, 15) is 43.2 Å². The molecule has 0 heterocycles. The van der Waals surface area contributed by atoms with Crippen molar-refractivity contribution in [3.05, 3.63) is 0 Å². The van der Waals surface area contributed by atoms with Crippen molar-refractivity contribution in [2.75, 3.05) is 39.6 Å². The molecule has 0 aliphatic rings. The molecular weight excluding hydrogens is 1390 g/mol. The maximum atomic E-state index is 13.1. The van der Waals surface area contributed by atoms with E-state index in [0.29, 0.717) is 25.7 Å². The van der Waals surface area contributed by atoms with Crippen molar-refractivity contribution in [2.24, 2.45) is 5.92 Å². The van der Waals surface area contributed by atoms with E-state index in [1.165, 1.54) is 289 Å². The van der Waals surface area contributed by atoms with E-state index in [1.54, 1.807) is 0 Å². The molecule has 2 unspecified atom stereocenters. The molecule has 107 heavy (non-hydrogen) atoms. The second-order valence-electron chi connectivity index (χ2n) is 32.1. The van der Waals surface area contributed by atoms with Gasteiger partial charge in [0.1, 0.15) is 19.3 Å². The van der Waals surface area contributed by atoms with Crippen molar-refractivity contribution in [3.63, 3.8) is 0 Å². The Labute approximate surface area is 658 Å². The number of phosphoric acid groups is 2. The van der Waals surface area contributed by atoms with Crippen LogP contribution in [0.15, 0.2) is 0 Å². The summed E-state index contributed by atoms with van der Waals surface area (Å²) in [7, 11) is -9.92. The summed E-state index contributed by atoms with van der Waals surface area (Å²) in [5, 5.41) is 10.7. The van der Waals surface area contributed by atoms with Gasteiger partial charge in [-0.05, 0) is 31.6 Å². The number of esters is 4. The third kappa shape index (κ3) is 81.9. The van der Waals surface area contributed by atoms with E-state index in [1.807, 2.05) is 0 Å². The number of ether oxygens (including phenoxy) is 4. The molecule has 0 bridgehead atoms. The van der Waals surface area contributed by atoms with Crippen molar-refractivity contribution >= 4 is 39.5 Å². The minimum Gasteiger partial charge on any atom is -0.462 e. The van der Waals surface area contributed by atoms with Gasteiger partial charge in [0.15, 0.2) is 12.2 Å². The fraction of sp³-hybridized carbons (Fsp3) is 0.955. The van der Waals surface area contributed by atoms with Crippen LogP contribution in [0.4, 0.5) is 0 Å². The van der Waals surface area contributed by atoms with Crippen LogP contribution in [0, 0.1) is 5.92 Å². The Balaban J connectivity index is 5.15. The summed E-state index contributed by atoms with van der Waals surface area (Å²) < 4.78 is 68.8. The van der Waals surface area contributed by atoms with Crippen molar-refractivity contribution in [3.8, 4) is 0 Å². The molecule has 0 aliphatic heterocycles. The van der Waals surface area contributed by atoms with Gasteiger partial charge in [-0.15, -0.1) is 0 Å². The quantitative estimate of drug-likeness (QED) is 0.0222. The zero-order chi connectivity index (χ0) is 78.3. The van der Waals surface area contributed by atoms with Gasteiger partial charge in [0.2, 0.25) is 0 Å². The number of aliphatic hydroxyl groups is 1. The average Bonchev–Trinajstić information content (AvgIpc) is 0.933. The van der Waals surface area contributed by atoms with E-state index in [0.717, 1.165) is 109 Å². The van der Waals surface area contributed by atoms with Gasteiger partial charge in [-0.3, -0.25) is 37.3 Å². The zero-order valence-electron chi connectivity index (χ0n) is 70.3.